The van der Waals surface area contributed by atoms with Crippen molar-refractivity contribution < 1.29 is 9.90 Å². The molecule has 0 amide bonds. The second-order valence-corrected chi connectivity index (χ2v) is 5.55. The minimum absolute atomic E-state index is 0.117. The Kier molecular flexibility index (Phi) is 4.78. The third-order valence-electron chi connectivity index (χ3n) is 4.15. The lowest BCUT2D eigenvalue weighted by Crippen LogP contribution is -2.12. The van der Waals surface area contributed by atoms with Gasteiger partial charge in [-0.2, -0.15) is 0 Å². The van der Waals surface area contributed by atoms with Crippen LogP contribution in [0.25, 0.3) is 0 Å². The molecule has 1 aliphatic rings. The maximum atomic E-state index is 10.6. The summed E-state index contributed by atoms with van der Waals surface area (Å²) in [5.74, 6) is 0.706. The van der Waals surface area contributed by atoms with E-state index in [0.29, 0.717) is 5.92 Å². The van der Waals surface area contributed by atoms with Crippen molar-refractivity contribution in [1.82, 2.24) is 0 Å². The fourth-order valence-electron chi connectivity index (χ4n) is 3.05. The first kappa shape index (κ1) is 13.9. The molecule has 1 fully saturated rings. The van der Waals surface area contributed by atoms with Crippen LogP contribution in [0.15, 0.2) is 36.9 Å². The Morgan fingerprint density at radius 1 is 1.21 bits per heavy atom. The molecule has 19 heavy (non-hydrogen) atoms. The van der Waals surface area contributed by atoms with Gasteiger partial charge in [-0.3, -0.25) is 4.79 Å². The summed E-state index contributed by atoms with van der Waals surface area (Å²) in [6, 6.07) is 8.13. The van der Waals surface area contributed by atoms with Crippen molar-refractivity contribution in [2.75, 3.05) is 0 Å². The third kappa shape index (κ3) is 3.95. The maximum Gasteiger partial charge on any atom is 0.307 e. The Labute approximate surface area is 115 Å². The van der Waals surface area contributed by atoms with Crippen LogP contribution in [0.3, 0.4) is 0 Å². The van der Waals surface area contributed by atoms with Crippen molar-refractivity contribution in [1.29, 1.82) is 0 Å². The fraction of sp³-hybridized carbons (Fsp3) is 0.471. The summed E-state index contributed by atoms with van der Waals surface area (Å²) in [4.78, 5) is 10.6. The van der Waals surface area contributed by atoms with Gasteiger partial charge in [-0.15, -0.1) is 6.58 Å². The highest BCUT2D eigenvalue weighted by molar-refractivity contribution is 5.70. The summed E-state index contributed by atoms with van der Waals surface area (Å²) in [5.41, 5.74) is 2.25. The number of carbonyl (C=O) groups is 1. The monoisotopic (exact) mass is 258 g/mol. The summed E-state index contributed by atoms with van der Waals surface area (Å²) in [5, 5.41) is 8.76. The number of carboxylic acid groups (broad SMARTS) is 1. The molecule has 0 aromatic heterocycles. The van der Waals surface area contributed by atoms with Gasteiger partial charge in [-0.1, -0.05) is 30.3 Å². The van der Waals surface area contributed by atoms with Crippen molar-refractivity contribution in [3.8, 4) is 0 Å². The highest BCUT2D eigenvalue weighted by Gasteiger charge is 2.21. The van der Waals surface area contributed by atoms with E-state index in [-0.39, 0.29) is 6.42 Å². The van der Waals surface area contributed by atoms with Gasteiger partial charge in [0.1, 0.15) is 0 Å². The molecule has 1 saturated carbocycles. The lowest BCUT2D eigenvalue weighted by molar-refractivity contribution is -0.136. The van der Waals surface area contributed by atoms with E-state index in [1.807, 2.05) is 18.2 Å². The third-order valence-corrected chi connectivity index (χ3v) is 4.15. The number of hydrogen-bond acceptors (Lipinski definition) is 1. The van der Waals surface area contributed by atoms with Gasteiger partial charge in [0.15, 0.2) is 0 Å². The SMILES string of the molecule is C=CC[C@H]1CC[C@H](c2ccc(CC(=O)O)cc2)CC1. The van der Waals surface area contributed by atoms with E-state index >= 15 is 0 Å². The quantitative estimate of drug-likeness (QED) is 0.805. The molecule has 0 unspecified atom stereocenters. The first-order valence-electron chi connectivity index (χ1n) is 7.10. The summed E-state index contributed by atoms with van der Waals surface area (Å²) < 4.78 is 0. The molecule has 2 nitrogen and oxygen atoms in total. The van der Waals surface area contributed by atoms with E-state index in [1.165, 1.54) is 31.2 Å². The van der Waals surface area contributed by atoms with E-state index < -0.39 is 5.97 Å². The molecule has 1 aliphatic carbocycles. The summed E-state index contributed by atoms with van der Waals surface area (Å²) in [6.45, 7) is 3.82. The Balaban J connectivity index is 1.92. The van der Waals surface area contributed by atoms with E-state index in [0.717, 1.165) is 17.9 Å². The molecule has 0 radical (unpaired) electrons. The van der Waals surface area contributed by atoms with Crippen LogP contribution in [0.1, 0.15) is 49.1 Å². The molecule has 1 N–H and O–H groups in total. The molecular formula is C17H22O2. The summed E-state index contributed by atoms with van der Waals surface area (Å²) >= 11 is 0. The van der Waals surface area contributed by atoms with Gasteiger partial charge >= 0.3 is 5.97 Å². The van der Waals surface area contributed by atoms with Crippen LogP contribution in [-0.4, -0.2) is 11.1 Å². The second kappa shape index (κ2) is 6.55. The Hall–Kier alpha value is -1.57. The van der Waals surface area contributed by atoms with Crippen LogP contribution in [0, 0.1) is 5.92 Å². The minimum atomic E-state index is -0.766. The van der Waals surface area contributed by atoms with E-state index in [1.54, 1.807) is 0 Å². The topological polar surface area (TPSA) is 37.3 Å². The zero-order chi connectivity index (χ0) is 13.7. The van der Waals surface area contributed by atoms with Gasteiger partial charge in [0, 0.05) is 0 Å². The molecule has 0 spiro atoms. The van der Waals surface area contributed by atoms with Crippen molar-refractivity contribution in [3.63, 3.8) is 0 Å². The van der Waals surface area contributed by atoms with Crippen LogP contribution in [0.5, 0.6) is 0 Å². The molecule has 0 aliphatic heterocycles. The van der Waals surface area contributed by atoms with Crippen molar-refractivity contribution in [2.45, 2.75) is 44.4 Å². The van der Waals surface area contributed by atoms with Crippen molar-refractivity contribution in [3.05, 3.63) is 48.0 Å². The van der Waals surface area contributed by atoms with E-state index in [2.05, 4.69) is 18.7 Å². The molecule has 0 atom stereocenters. The Morgan fingerprint density at radius 2 is 1.84 bits per heavy atom. The lowest BCUT2D eigenvalue weighted by Gasteiger charge is -2.28. The molecule has 0 heterocycles. The van der Waals surface area contributed by atoms with Gasteiger partial charge in [-0.25, -0.2) is 0 Å². The standard InChI is InChI=1S/C17H22O2/c1-2-3-13-4-8-15(9-5-13)16-10-6-14(7-11-16)12-17(18)19/h2,6-7,10-11,13,15H,1,3-5,8-9,12H2,(H,18,19)/t13-,15-. The van der Waals surface area contributed by atoms with Crippen molar-refractivity contribution >= 4 is 5.97 Å². The van der Waals surface area contributed by atoms with E-state index in [9.17, 15) is 4.79 Å². The highest BCUT2D eigenvalue weighted by Crippen LogP contribution is 2.37. The molecule has 2 rings (SSSR count). The zero-order valence-electron chi connectivity index (χ0n) is 11.3. The number of benzene rings is 1. The molecule has 1 aromatic carbocycles. The van der Waals surface area contributed by atoms with Gasteiger partial charge in [0.25, 0.3) is 0 Å². The Morgan fingerprint density at radius 3 is 2.37 bits per heavy atom. The van der Waals surface area contributed by atoms with Crippen LogP contribution in [-0.2, 0) is 11.2 Å². The normalized spacial score (nSPS) is 22.9. The zero-order valence-corrected chi connectivity index (χ0v) is 11.3. The fourth-order valence-corrected chi connectivity index (χ4v) is 3.05. The van der Waals surface area contributed by atoms with Crippen LogP contribution in [0.2, 0.25) is 0 Å². The smallest absolute Gasteiger partial charge is 0.307 e. The summed E-state index contributed by atoms with van der Waals surface area (Å²) in [6.07, 6.45) is 8.36. The van der Waals surface area contributed by atoms with Crippen LogP contribution < -0.4 is 0 Å². The van der Waals surface area contributed by atoms with Gasteiger partial charge in [-0.05, 0) is 55.1 Å². The average molecular weight is 258 g/mol. The minimum Gasteiger partial charge on any atom is -0.481 e. The second-order valence-electron chi connectivity index (χ2n) is 5.55. The predicted octanol–water partition coefficient (Wildman–Crippen LogP) is 4.16. The van der Waals surface area contributed by atoms with E-state index in [4.69, 9.17) is 5.11 Å². The molecule has 0 saturated heterocycles. The predicted molar refractivity (Wildman–Crippen MR) is 77.3 cm³/mol. The molecule has 2 heteroatoms. The van der Waals surface area contributed by atoms with Gasteiger partial charge < -0.3 is 5.11 Å². The van der Waals surface area contributed by atoms with Crippen LogP contribution >= 0.6 is 0 Å². The first-order valence-corrected chi connectivity index (χ1v) is 7.10. The number of allylic oxidation sites excluding steroid dienone is 1. The Bertz CT molecular complexity index is 425. The number of aliphatic carboxylic acids is 1. The number of carboxylic acids is 1. The molecule has 0 bridgehead atoms. The molecule has 1 aromatic rings. The van der Waals surface area contributed by atoms with Crippen LogP contribution in [0.4, 0.5) is 0 Å². The van der Waals surface area contributed by atoms with Crippen molar-refractivity contribution in [2.24, 2.45) is 5.92 Å². The number of rotatable bonds is 5. The average Bonchev–Trinajstić information content (AvgIpc) is 2.40. The lowest BCUT2D eigenvalue weighted by atomic mass is 9.77. The largest absolute Gasteiger partial charge is 0.481 e. The van der Waals surface area contributed by atoms with Gasteiger partial charge in [0.2, 0.25) is 0 Å². The molecule has 102 valence electrons. The molecular weight excluding hydrogens is 236 g/mol. The summed E-state index contributed by atoms with van der Waals surface area (Å²) in [7, 11) is 0. The first-order chi connectivity index (χ1) is 9.19. The highest BCUT2D eigenvalue weighted by atomic mass is 16.4. The number of hydrogen-bond donors (Lipinski definition) is 1. The van der Waals surface area contributed by atoms with Gasteiger partial charge in [0.05, 0.1) is 6.42 Å². The maximum absolute atomic E-state index is 10.6.